The lowest BCUT2D eigenvalue weighted by atomic mass is 9.82. The van der Waals surface area contributed by atoms with Crippen molar-refractivity contribution in [2.75, 3.05) is 19.6 Å². The van der Waals surface area contributed by atoms with E-state index in [1.165, 1.54) is 12.1 Å². The van der Waals surface area contributed by atoms with E-state index >= 15 is 0 Å². The summed E-state index contributed by atoms with van der Waals surface area (Å²) in [6.45, 7) is 0.957. The van der Waals surface area contributed by atoms with E-state index in [-0.39, 0.29) is 29.5 Å². The van der Waals surface area contributed by atoms with Crippen molar-refractivity contribution in [1.82, 2.24) is 10.2 Å². The van der Waals surface area contributed by atoms with Crippen molar-refractivity contribution < 1.29 is 22.8 Å². The highest BCUT2D eigenvalue weighted by Crippen LogP contribution is 2.44. The highest BCUT2D eigenvalue weighted by atomic mass is 19.4. The largest absolute Gasteiger partial charge is 0.416 e. The average molecular weight is 369 g/mol. The van der Waals surface area contributed by atoms with Gasteiger partial charge in [0.15, 0.2) is 0 Å². The van der Waals surface area contributed by atoms with Crippen molar-refractivity contribution in [2.24, 2.45) is 11.1 Å². The predicted octanol–water partition coefficient (Wildman–Crippen LogP) is 2.17. The number of hydrogen-bond acceptors (Lipinski definition) is 3. The Hall–Kier alpha value is -2.09. The number of alkyl halides is 3. The zero-order valence-corrected chi connectivity index (χ0v) is 14.3. The maximum atomic E-state index is 12.7. The second-order valence-corrected chi connectivity index (χ2v) is 7.19. The molecule has 2 fully saturated rings. The van der Waals surface area contributed by atoms with Crippen molar-refractivity contribution in [3.05, 3.63) is 35.4 Å². The van der Waals surface area contributed by atoms with Crippen LogP contribution in [0.1, 0.15) is 41.6 Å². The summed E-state index contributed by atoms with van der Waals surface area (Å²) >= 11 is 0. The lowest BCUT2D eigenvalue weighted by Crippen LogP contribution is -2.43. The van der Waals surface area contributed by atoms with E-state index in [0.717, 1.165) is 37.8 Å². The first-order chi connectivity index (χ1) is 12.2. The molecule has 2 aliphatic rings. The number of rotatable bonds is 3. The van der Waals surface area contributed by atoms with E-state index in [1.807, 2.05) is 0 Å². The van der Waals surface area contributed by atoms with Crippen molar-refractivity contribution >= 4 is 11.8 Å². The van der Waals surface area contributed by atoms with Crippen molar-refractivity contribution in [2.45, 2.75) is 37.9 Å². The minimum atomic E-state index is -4.52. The van der Waals surface area contributed by atoms with Crippen LogP contribution >= 0.6 is 0 Å². The summed E-state index contributed by atoms with van der Waals surface area (Å²) in [5.74, 6) is -0.933. The van der Waals surface area contributed by atoms with Crippen LogP contribution in [0.15, 0.2) is 24.3 Å². The minimum Gasteiger partial charge on any atom is -0.343 e. The van der Waals surface area contributed by atoms with Crippen LogP contribution < -0.4 is 11.1 Å². The standard InChI is InChI=1S/C18H22F3N3O2/c19-18(20,21)13-4-1-3-12(9-13)16(26)23-10-15(25)24-8-7-17(11-24)6-2-5-14(17)22/h1,3-4,9,14H,2,5-8,10-11,22H2,(H,23,26). The summed E-state index contributed by atoms with van der Waals surface area (Å²) < 4.78 is 38.2. The number of likely N-dealkylation sites (tertiary alicyclic amines) is 1. The van der Waals surface area contributed by atoms with Gasteiger partial charge in [-0.05, 0) is 37.5 Å². The fraction of sp³-hybridized carbons (Fsp3) is 0.556. The van der Waals surface area contributed by atoms with E-state index < -0.39 is 17.6 Å². The summed E-state index contributed by atoms with van der Waals surface area (Å²) in [5, 5.41) is 2.42. The molecule has 1 aliphatic carbocycles. The van der Waals surface area contributed by atoms with Crippen LogP contribution in [-0.4, -0.2) is 42.4 Å². The highest BCUT2D eigenvalue weighted by molar-refractivity contribution is 5.96. The van der Waals surface area contributed by atoms with Gasteiger partial charge >= 0.3 is 6.18 Å². The lowest BCUT2D eigenvalue weighted by Gasteiger charge is -2.28. The van der Waals surface area contributed by atoms with Gasteiger partial charge in [-0.25, -0.2) is 0 Å². The topological polar surface area (TPSA) is 75.4 Å². The average Bonchev–Trinajstić information content (AvgIpc) is 3.19. The van der Waals surface area contributed by atoms with Gasteiger partial charge in [0.25, 0.3) is 5.91 Å². The molecule has 3 N–H and O–H groups in total. The number of halogens is 3. The second kappa shape index (κ2) is 6.90. The normalized spacial score (nSPS) is 25.7. The Morgan fingerprint density at radius 2 is 2.08 bits per heavy atom. The third kappa shape index (κ3) is 3.70. The number of benzene rings is 1. The fourth-order valence-corrected chi connectivity index (χ4v) is 3.99. The molecular weight excluding hydrogens is 347 g/mol. The van der Waals surface area contributed by atoms with Gasteiger partial charge < -0.3 is 16.0 Å². The minimum absolute atomic E-state index is 0.0132. The fourth-order valence-electron chi connectivity index (χ4n) is 3.99. The monoisotopic (exact) mass is 369 g/mol. The van der Waals surface area contributed by atoms with Gasteiger partial charge in [-0.15, -0.1) is 0 Å². The molecule has 142 valence electrons. The van der Waals surface area contributed by atoms with Crippen LogP contribution in [0.25, 0.3) is 0 Å². The molecule has 2 unspecified atom stereocenters. The Morgan fingerprint density at radius 3 is 2.73 bits per heavy atom. The van der Waals surface area contributed by atoms with Gasteiger partial charge in [0.1, 0.15) is 0 Å². The number of hydrogen-bond donors (Lipinski definition) is 2. The Bertz CT molecular complexity index is 707. The summed E-state index contributed by atoms with van der Waals surface area (Å²) in [6.07, 6.45) is -0.615. The van der Waals surface area contributed by atoms with Gasteiger partial charge in [0.2, 0.25) is 5.91 Å². The molecule has 8 heteroatoms. The van der Waals surface area contributed by atoms with Gasteiger partial charge in [0.05, 0.1) is 12.1 Å². The Labute approximate surface area is 149 Å². The first kappa shape index (κ1) is 18.7. The van der Waals surface area contributed by atoms with Crippen LogP contribution in [0, 0.1) is 5.41 Å². The summed E-state index contributed by atoms with van der Waals surface area (Å²) in [6, 6.07) is 4.24. The van der Waals surface area contributed by atoms with E-state index in [2.05, 4.69) is 5.32 Å². The zero-order chi connectivity index (χ0) is 18.9. The van der Waals surface area contributed by atoms with Gasteiger partial charge in [0, 0.05) is 30.1 Å². The van der Waals surface area contributed by atoms with E-state index in [0.29, 0.717) is 13.1 Å². The molecule has 1 saturated heterocycles. The second-order valence-electron chi connectivity index (χ2n) is 7.19. The van der Waals surface area contributed by atoms with Gasteiger partial charge in [-0.3, -0.25) is 9.59 Å². The molecule has 26 heavy (non-hydrogen) atoms. The predicted molar refractivity (Wildman–Crippen MR) is 89.2 cm³/mol. The number of nitrogens with two attached hydrogens (primary N) is 1. The number of nitrogens with zero attached hydrogens (tertiary/aromatic N) is 1. The Kier molecular flexibility index (Phi) is 4.96. The van der Waals surface area contributed by atoms with Crippen LogP contribution in [0.3, 0.4) is 0 Å². The SMILES string of the molecule is NC1CCCC12CCN(C(=O)CNC(=O)c1cccc(C(F)(F)F)c1)C2. The molecule has 1 aliphatic heterocycles. The molecule has 0 bridgehead atoms. The molecule has 3 rings (SSSR count). The van der Waals surface area contributed by atoms with Crippen LogP contribution in [0.2, 0.25) is 0 Å². The quantitative estimate of drug-likeness (QED) is 0.857. The molecule has 5 nitrogen and oxygen atoms in total. The molecular formula is C18H22F3N3O2. The van der Waals surface area contributed by atoms with Crippen LogP contribution in [0.5, 0.6) is 0 Å². The maximum Gasteiger partial charge on any atom is 0.416 e. The molecule has 0 radical (unpaired) electrons. The lowest BCUT2D eigenvalue weighted by molar-refractivity contribution is -0.137. The molecule has 2 atom stereocenters. The van der Waals surface area contributed by atoms with Crippen molar-refractivity contribution in [1.29, 1.82) is 0 Å². The van der Waals surface area contributed by atoms with E-state index in [9.17, 15) is 22.8 Å². The molecule has 1 saturated carbocycles. The Balaban J connectivity index is 1.56. The van der Waals surface area contributed by atoms with Gasteiger partial charge in [-0.1, -0.05) is 12.5 Å². The highest BCUT2D eigenvalue weighted by Gasteiger charge is 2.46. The summed E-state index contributed by atoms with van der Waals surface area (Å²) in [4.78, 5) is 26.1. The van der Waals surface area contributed by atoms with E-state index in [1.54, 1.807) is 4.90 Å². The smallest absolute Gasteiger partial charge is 0.343 e. The van der Waals surface area contributed by atoms with Crippen molar-refractivity contribution in [3.63, 3.8) is 0 Å². The Morgan fingerprint density at radius 1 is 1.31 bits per heavy atom. The number of nitrogens with one attached hydrogen (secondary N) is 1. The molecule has 1 heterocycles. The van der Waals surface area contributed by atoms with Gasteiger partial charge in [-0.2, -0.15) is 13.2 Å². The molecule has 2 amide bonds. The first-order valence-electron chi connectivity index (χ1n) is 8.70. The number of carbonyl (C=O) groups is 2. The van der Waals surface area contributed by atoms with Crippen molar-refractivity contribution in [3.8, 4) is 0 Å². The number of carbonyl (C=O) groups excluding carboxylic acids is 2. The van der Waals surface area contributed by atoms with Crippen LogP contribution in [-0.2, 0) is 11.0 Å². The third-order valence-electron chi connectivity index (χ3n) is 5.57. The molecule has 1 spiro atoms. The van der Waals surface area contributed by atoms with Crippen LogP contribution in [0.4, 0.5) is 13.2 Å². The number of amides is 2. The first-order valence-corrected chi connectivity index (χ1v) is 8.70. The molecule has 1 aromatic rings. The molecule has 0 aromatic heterocycles. The van der Waals surface area contributed by atoms with E-state index in [4.69, 9.17) is 5.73 Å². The summed E-state index contributed by atoms with van der Waals surface area (Å²) in [5.41, 5.74) is 5.15. The molecule has 1 aromatic carbocycles. The summed E-state index contributed by atoms with van der Waals surface area (Å²) in [7, 11) is 0. The maximum absolute atomic E-state index is 12.7. The zero-order valence-electron chi connectivity index (χ0n) is 14.3. The third-order valence-corrected chi connectivity index (χ3v) is 5.57.